The van der Waals surface area contributed by atoms with Gasteiger partial charge in [-0.3, -0.25) is 19.4 Å². The molecule has 0 radical (unpaired) electrons. The van der Waals surface area contributed by atoms with Gasteiger partial charge in [0.25, 0.3) is 0 Å². The number of nitrogens with one attached hydrogen (secondary N) is 2. The van der Waals surface area contributed by atoms with E-state index in [0.717, 1.165) is 74.2 Å². The largest absolute Gasteiger partial charge is 0.494 e. The molecule has 3 saturated heterocycles. The molecular weight excluding hydrogens is 669 g/mol. The van der Waals surface area contributed by atoms with Crippen molar-refractivity contribution in [3.05, 3.63) is 97.3 Å². The maximum absolute atomic E-state index is 12.7. The van der Waals surface area contributed by atoms with E-state index in [4.69, 9.17) is 14.3 Å². The minimum absolute atomic E-state index is 0.0666. The van der Waals surface area contributed by atoms with Crippen LogP contribution in [0.15, 0.2) is 91.8 Å². The standard InChI is InChI=1S/C41H48N8O4/c1-3-41(50)45-34-25-35(38(51-2)26-37(34)48-17-14-31(15-18-48)47-21-19-46(20-22-47)30-12-13-30)44-39-27-40(43-28-42-39)49-36(16-23-52-49)29-8-7-11-33(24-29)53-32-9-5-4-6-10-32/h3-11,24-28,30-31,36H,1,12-23H2,2H3,(H,45,50)(H,42,43,44)/t36-/m1/s1. The molecule has 1 aliphatic carbocycles. The molecule has 276 valence electrons. The summed E-state index contributed by atoms with van der Waals surface area (Å²) in [4.78, 5) is 35.6. The number of aromatic nitrogens is 2. The molecule has 0 spiro atoms. The average Bonchev–Trinajstić information content (AvgIpc) is 3.94. The Morgan fingerprint density at radius 2 is 1.57 bits per heavy atom. The Kier molecular flexibility index (Phi) is 10.4. The van der Waals surface area contributed by atoms with Gasteiger partial charge in [-0.25, -0.2) is 15.0 Å². The summed E-state index contributed by atoms with van der Waals surface area (Å²) in [6.07, 6.45) is 8.50. The molecule has 8 rings (SSSR count). The van der Waals surface area contributed by atoms with Gasteiger partial charge in [0, 0.05) is 69.9 Å². The van der Waals surface area contributed by atoms with Crippen LogP contribution in [-0.4, -0.2) is 90.7 Å². The van der Waals surface area contributed by atoms with Crippen LogP contribution in [-0.2, 0) is 9.63 Å². The molecule has 0 bridgehead atoms. The second-order valence-electron chi connectivity index (χ2n) is 14.1. The first-order valence-corrected chi connectivity index (χ1v) is 18.8. The van der Waals surface area contributed by atoms with Crippen molar-refractivity contribution in [2.45, 2.75) is 50.2 Å². The van der Waals surface area contributed by atoms with Crippen LogP contribution in [0.1, 0.15) is 43.7 Å². The Morgan fingerprint density at radius 1 is 0.830 bits per heavy atom. The van der Waals surface area contributed by atoms with Crippen LogP contribution in [0.3, 0.4) is 0 Å². The molecule has 4 aliphatic rings. The Labute approximate surface area is 311 Å². The number of rotatable bonds is 12. The average molecular weight is 717 g/mol. The van der Waals surface area contributed by atoms with E-state index in [9.17, 15) is 4.79 Å². The van der Waals surface area contributed by atoms with Crippen LogP contribution in [0.25, 0.3) is 0 Å². The SMILES string of the molecule is C=CC(=O)Nc1cc(Nc2cc(N3OCC[C@@H]3c3cccc(Oc4ccccc4)c3)ncn2)c(OC)cc1N1CCC(N2CCN(C3CC3)CC2)CC1. The Hall–Kier alpha value is -5.17. The van der Waals surface area contributed by atoms with E-state index < -0.39 is 0 Å². The number of hydrogen-bond donors (Lipinski definition) is 2. The smallest absolute Gasteiger partial charge is 0.247 e. The zero-order valence-electron chi connectivity index (χ0n) is 30.3. The number of methoxy groups -OCH3 is 1. The summed E-state index contributed by atoms with van der Waals surface area (Å²) in [5, 5.41) is 8.31. The van der Waals surface area contributed by atoms with Gasteiger partial charge in [0.1, 0.15) is 29.4 Å². The number of hydrogen-bond acceptors (Lipinski definition) is 11. The van der Waals surface area contributed by atoms with Gasteiger partial charge in [-0.1, -0.05) is 36.9 Å². The third-order valence-corrected chi connectivity index (χ3v) is 10.8. The minimum atomic E-state index is -0.273. The third kappa shape index (κ3) is 8.09. The Morgan fingerprint density at radius 3 is 2.28 bits per heavy atom. The minimum Gasteiger partial charge on any atom is -0.494 e. The highest BCUT2D eigenvalue weighted by atomic mass is 16.7. The van der Waals surface area contributed by atoms with E-state index >= 15 is 0 Å². The van der Waals surface area contributed by atoms with Crippen LogP contribution >= 0.6 is 0 Å². The lowest BCUT2D eigenvalue weighted by molar-refractivity contribution is -0.111. The number of nitrogens with zero attached hydrogens (tertiary/aromatic N) is 6. The molecule has 4 heterocycles. The molecule has 12 nitrogen and oxygen atoms in total. The summed E-state index contributed by atoms with van der Waals surface area (Å²) in [5.41, 5.74) is 3.33. The van der Waals surface area contributed by atoms with Gasteiger partial charge in [-0.15, -0.1) is 0 Å². The molecular formula is C41H48N8O4. The fourth-order valence-electron chi connectivity index (χ4n) is 7.84. The normalized spacial score (nSPS) is 19.9. The van der Waals surface area contributed by atoms with Gasteiger partial charge in [0.2, 0.25) is 5.91 Å². The van der Waals surface area contributed by atoms with Crippen molar-refractivity contribution in [2.75, 3.05) is 73.6 Å². The molecule has 1 saturated carbocycles. The number of ether oxygens (including phenoxy) is 2. The fourth-order valence-corrected chi connectivity index (χ4v) is 7.84. The maximum atomic E-state index is 12.7. The number of hydroxylamine groups is 1. The van der Waals surface area contributed by atoms with Crippen molar-refractivity contribution in [1.29, 1.82) is 0 Å². The first-order chi connectivity index (χ1) is 26.0. The van der Waals surface area contributed by atoms with E-state index in [0.29, 0.717) is 41.4 Å². The van der Waals surface area contributed by atoms with Gasteiger partial charge in [0.05, 0.1) is 36.8 Å². The van der Waals surface area contributed by atoms with E-state index in [1.165, 1.54) is 38.3 Å². The molecule has 4 aromatic rings. The second kappa shape index (κ2) is 15.8. The van der Waals surface area contributed by atoms with Crippen molar-refractivity contribution in [1.82, 2.24) is 19.8 Å². The highest BCUT2D eigenvalue weighted by molar-refractivity contribution is 6.02. The molecule has 1 aromatic heterocycles. The van der Waals surface area contributed by atoms with E-state index in [2.05, 4.69) is 47.9 Å². The lowest BCUT2D eigenvalue weighted by Crippen LogP contribution is -2.53. The molecule has 0 unspecified atom stereocenters. The van der Waals surface area contributed by atoms with Crippen LogP contribution in [0, 0.1) is 0 Å². The molecule has 3 aliphatic heterocycles. The number of carbonyl (C=O) groups is 1. The summed E-state index contributed by atoms with van der Waals surface area (Å²) in [7, 11) is 1.66. The van der Waals surface area contributed by atoms with Crippen LogP contribution in [0.5, 0.6) is 17.2 Å². The lowest BCUT2D eigenvalue weighted by Gasteiger charge is -2.43. The number of amides is 1. The number of anilines is 5. The molecule has 2 N–H and O–H groups in total. The number of para-hydroxylation sites is 1. The van der Waals surface area contributed by atoms with Crippen LogP contribution in [0.2, 0.25) is 0 Å². The first-order valence-electron chi connectivity index (χ1n) is 18.8. The predicted molar refractivity (Wildman–Crippen MR) is 207 cm³/mol. The van der Waals surface area contributed by atoms with Crippen molar-refractivity contribution in [2.24, 2.45) is 0 Å². The Bertz CT molecular complexity index is 1890. The monoisotopic (exact) mass is 716 g/mol. The van der Waals surface area contributed by atoms with Crippen molar-refractivity contribution >= 4 is 34.6 Å². The fraction of sp³-hybridized carbons (Fsp3) is 0.390. The maximum Gasteiger partial charge on any atom is 0.247 e. The summed E-state index contributed by atoms with van der Waals surface area (Å²) < 4.78 is 12.0. The van der Waals surface area contributed by atoms with Crippen molar-refractivity contribution < 1.29 is 19.1 Å². The van der Waals surface area contributed by atoms with Gasteiger partial charge >= 0.3 is 0 Å². The molecule has 1 amide bonds. The third-order valence-electron chi connectivity index (χ3n) is 10.8. The molecule has 1 atom stereocenters. The number of piperazine rings is 1. The Balaban J connectivity index is 0.980. The highest BCUT2D eigenvalue weighted by Gasteiger charge is 2.34. The zero-order valence-corrected chi connectivity index (χ0v) is 30.3. The van der Waals surface area contributed by atoms with Gasteiger partial charge in [0.15, 0.2) is 5.82 Å². The summed E-state index contributed by atoms with van der Waals surface area (Å²) in [6, 6.07) is 24.9. The van der Waals surface area contributed by atoms with E-state index in [1.54, 1.807) is 7.11 Å². The van der Waals surface area contributed by atoms with Gasteiger partial charge < -0.3 is 25.0 Å². The topological polar surface area (TPSA) is 108 Å². The summed E-state index contributed by atoms with van der Waals surface area (Å²) in [6.45, 7) is 10.7. The quantitative estimate of drug-likeness (QED) is 0.152. The summed E-state index contributed by atoms with van der Waals surface area (Å²) >= 11 is 0. The van der Waals surface area contributed by atoms with Crippen LogP contribution < -0.4 is 30.1 Å². The lowest BCUT2D eigenvalue weighted by atomic mass is 10.0. The molecule has 4 fully saturated rings. The number of piperidine rings is 1. The van der Waals surface area contributed by atoms with E-state index in [-0.39, 0.29) is 11.9 Å². The second-order valence-corrected chi connectivity index (χ2v) is 14.1. The predicted octanol–water partition coefficient (Wildman–Crippen LogP) is 6.78. The van der Waals surface area contributed by atoms with Gasteiger partial charge in [-0.2, -0.15) is 0 Å². The molecule has 53 heavy (non-hydrogen) atoms. The highest BCUT2D eigenvalue weighted by Crippen LogP contribution is 2.41. The summed E-state index contributed by atoms with van der Waals surface area (Å²) in [5.74, 6) is 3.08. The van der Waals surface area contributed by atoms with Crippen molar-refractivity contribution in [3.8, 4) is 17.2 Å². The van der Waals surface area contributed by atoms with E-state index in [1.807, 2.05) is 71.8 Å². The molecule has 12 heteroatoms. The van der Waals surface area contributed by atoms with Gasteiger partial charge in [-0.05, 0) is 67.7 Å². The van der Waals surface area contributed by atoms with Crippen LogP contribution in [0.4, 0.5) is 28.7 Å². The number of carbonyl (C=O) groups excluding carboxylic acids is 1. The number of benzene rings is 3. The first kappa shape index (κ1) is 34.9. The molecule has 3 aromatic carbocycles. The van der Waals surface area contributed by atoms with Crippen molar-refractivity contribution in [3.63, 3.8) is 0 Å². The zero-order chi connectivity index (χ0) is 36.1.